The number of halogens is 5. The molecule has 0 aliphatic carbocycles. The first-order valence-electron chi connectivity index (χ1n) is 5.93. The minimum Gasteiger partial charge on any atom is -0.480 e. The topological polar surface area (TPSA) is 37.3 Å². The number of carbonyl (C=O) groups is 1. The molecule has 0 saturated carbocycles. The zero-order valence-electron chi connectivity index (χ0n) is 10.2. The van der Waals surface area contributed by atoms with E-state index in [1.54, 1.807) is 12.2 Å². The average molecular weight is 371 g/mol. The second kappa shape index (κ2) is 11.3. The molecular formula is C12H17Cl5O2. The number of carboxylic acids is 1. The van der Waals surface area contributed by atoms with Crippen molar-refractivity contribution in [3.63, 3.8) is 0 Å². The second-order valence-electron chi connectivity index (χ2n) is 4.07. The molecule has 0 aromatic heterocycles. The van der Waals surface area contributed by atoms with Crippen LogP contribution in [0.4, 0.5) is 0 Å². The summed E-state index contributed by atoms with van der Waals surface area (Å²) in [4.78, 5) is 10.7. The molecule has 0 aliphatic heterocycles. The Hall–Kier alpha value is 0.660. The lowest BCUT2D eigenvalue weighted by molar-refractivity contribution is -0.136. The smallest absolute Gasteiger partial charge is 0.323 e. The van der Waals surface area contributed by atoms with Crippen LogP contribution < -0.4 is 0 Å². The quantitative estimate of drug-likeness (QED) is 0.339. The Morgan fingerprint density at radius 2 is 1.68 bits per heavy atom. The van der Waals surface area contributed by atoms with E-state index in [2.05, 4.69) is 0 Å². The van der Waals surface area contributed by atoms with Crippen LogP contribution in [0, 0.1) is 0 Å². The minimum absolute atomic E-state index is 0.154. The van der Waals surface area contributed by atoms with E-state index in [4.69, 9.17) is 63.1 Å². The van der Waals surface area contributed by atoms with E-state index in [1.165, 1.54) is 0 Å². The van der Waals surface area contributed by atoms with Gasteiger partial charge in [0, 0.05) is 5.88 Å². The fourth-order valence-electron chi connectivity index (χ4n) is 1.34. The molecule has 0 rings (SSSR count). The maximum absolute atomic E-state index is 10.7. The van der Waals surface area contributed by atoms with Crippen LogP contribution in [-0.2, 0) is 4.79 Å². The van der Waals surface area contributed by atoms with Gasteiger partial charge in [0.25, 0.3) is 0 Å². The third-order valence-electron chi connectivity index (χ3n) is 2.44. The van der Waals surface area contributed by atoms with Gasteiger partial charge in [0.1, 0.15) is 5.38 Å². The van der Waals surface area contributed by atoms with E-state index in [1.807, 2.05) is 0 Å². The molecule has 0 saturated heterocycles. The van der Waals surface area contributed by atoms with Crippen molar-refractivity contribution in [3.8, 4) is 0 Å². The van der Waals surface area contributed by atoms with Gasteiger partial charge < -0.3 is 5.11 Å². The van der Waals surface area contributed by atoms with Crippen LogP contribution in [0.2, 0.25) is 0 Å². The van der Waals surface area contributed by atoms with E-state index < -0.39 is 22.1 Å². The van der Waals surface area contributed by atoms with Gasteiger partial charge in [-0.1, -0.05) is 25.0 Å². The molecule has 7 heteroatoms. The Morgan fingerprint density at radius 3 is 2.21 bits per heavy atom. The summed E-state index contributed by atoms with van der Waals surface area (Å²) < 4.78 is 0. The maximum Gasteiger partial charge on any atom is 0.323 e. The Balaban J connectivity index is 4.05. The Kier molecular flexibility index (Phi) is 11.7. The number of aliphatic carboxylic acids is 1. The molecule has 1 N–H and O–H groups in total. The molecule has 4 atom stereocenters. The molecule has 0 fully saturated rings. The van der Waals surface area contributed by atoms with Crippen molar-refractivity contribution in [2.75, 3.05) is 5.88 Å². The van der Waals surface area contributed by atoms with Crippen molar-refractivity contribution in [1.82, 2.24) is 0 Å². The number of carboxylic acid groups (broad SMARTS) is 1. The molecule has 0 spiro atoms. The average Bonchev–Trinajstić information content (AvgIpc) is 2.39. The molecule has 0 amide bonds. The predicted octanol–water partition coefficient (Wildman–Crippen LogP) is 4.86. The fraction of sp³-hybridized carbons (Fsp3) is 0.750. The van der Waals surface area contributed by atoms with Crippen LogP contribution in [0.5, 0.6) is 0 Å². The normalized spacial score (nSPS) is 18.2. The predicted molar refractivity (Wildman–Crippen MR) is 84.5 cm³/mol. The summed E-state index contributed by atoms with van der Waals surface area (Å²) in [5.74, 6) is -0.531. The Labute approximate surface area is 139 Å². The van der Waals surface area contributed by atoms with Crippen LogP contribution in [0.1, 0.15) is 25.7 Å². The fourth-order valence-corrected chi connectivity index (χ4v) is 2.42. The van der Waals surface area contributed by atoms with Crippen molar-refractivity contribution in [2.45, 2.75) is 47.2 Å². The number of hydrogen-bond acceptors (Lipinski definition) is 1. The number of alkyl halides is 5. The van der Waals surface area contributed by atoms with Crippen molar-refractivity contribution in [2.24, 2.45) is 0 Å². The van der Waals surface area contributed by atoms with Crippen molar-refractivity contribution in [1.29, 1.82) is 0 Å². The van der Waals surface area contributed by atoms with Gasteiger partial charge in [-0.25, -0.2) is 0 Å². The van der Waals surface area contributed by atoms with Gasteiger partial charge in [-0.3, -0.25) is 4.79 Å². The summed E-state index contributed by atoms with van der Waals surface area (Å²) in [6, 6.07) is 0. The summed E-state index contributed by atoms with van der Waals surface area (Å²) in [6.45, 7) is 0. The van der Waals surface area contributed by atoms with Crippen LogP contribution in [-0.4, -0.2) is 38.5 Å². The molecule has 0 aliphatic rings. The standard InChI is InChI=1S/C12H17Cl5O2/c13-7-3-1-2-4-8(14)5-6-9(15)10(16)11(17)12(18)19/h5-6,8-11H,1-4,7H2,(H,18,19)/b6-5-. The first-order valence-corrected chi connectivity index (χ1v) is 8.21. The second-order valence-corrected chi connectivity index (χ2v) is 6.48. The summed E-state index contributed by atoms with van der Waals surface area (Å²) in [6.07, 6.45) is 7.12. The Morgan fingerprint density at radius 1 is 1.05 bits per heavy atom. The molecule has 0 heterocycles. The lowest BCUT2D eigenvalue weighted by atomic mass is 10.1. The number of rotatable bonds is 10. The van der Waals surface area contributed by atoms with Gasteiger partial charge >= 0.3 is 5.97 Å². The van der Waals surface area contributed by atoms with Gasteiger partial charge in [-0.15, -0.1) is 58.0 Å². The first-order chi connectivity index (χ1) is 8.90. The highest BCUT2D eigenvalue weighted by Gasteiger charge is 2.28. The summed E-state index contributed by atoms with van der Waals surface area (Å²) in [5, 5.41) is 5.76. The summed E-state index contributed by atoms with van der Waals surface area (Å²) >= 11 is 29.1. The van der Waals surface area contributed by atoms with Crippen molar-refractivity contribution in [3.05, 3.63) is 12.2 Å². The van der Waals surface area contributed by atoms with Crippen LogP contribution in [0.25, 0.3) is 0 Å². The highest BCUT2D eigenvalue weighted by Crippen LogP contribution is 2.21. The van der Waals surface area contributed by atoms with Gasteiger partial charge in [0.2, 0.25) is 0 Å². The molecule has 112 valence electrons. The molecular weight excluding hydrogens is 353 g/mol. The molecule has 2 nitrogen and oxygen atoms in total. The van der Waals surface area contributed by atoms with Gasteiger partial charge in [0.15, 0.2) is 0 Å². The first kappa shape index (κ1) is 19.7. The Bertz CT molecular complexity index is 285. The van der Waals surface area contributed by atoms with Crippen molar-refractivity contribution < 1.29 is 9.90 Å². The van der Waals surface area contributed by atoms with E-state index in [-0.39, 0.29) is 5.38 Å². The lowest BCUT2D eigenvalue weighted by Gasteiger charge is -2.15. The van der Waals surface area contributed by atoms with Crippen LogP contribution in [0.15, 0.2) is 12.2 Å². The lowest BCUT2D eigenvalue weighted by Crippen LogP contribution is -2.31. The highest BCUT2D eigenvalue weighted by molar-refractivity contribution is 6.40. The monoisotopic (exact) mass is 368 g/mol. The third-order valence-corrected chi connectivity index (χ3v) is 4.72. The molecule has 19 heavy (non-hydrogen) atoms. The van der Waals surface area contributed by atoms with Gasteiger partial charge in [-0.05, 0) is 12.8 Å². The molecule has 4 unspecified atom stereocenters. The molecule has 0 bridgehead atoms. The van der Waals surface area contributed by atoms with Crippen LogP contribution in [0.3, 0.4) is 0 Å². The largest absolute Gasteiger partial charge is 0.480 e. The number of hydrogen-bond donors (Lipinski definition) is 1. The SMILES string of the molecule is O=C(O)C(Cl)C(Cl)C(Cl)/C=C\C(Cl)CCCCCCl. The maximum atomic E-state index is 10.7. The third kappa shape index (κ3) is 9.25. The summed E-state index contributed by atoms with van der Waals surface area (Å²) in [7, 11) is 0. The van der Waals surface area contributed by atoms with Crippen molar-refractivity contribution >= 4 is 64.0 Å². The minimum atomic E-state index is -1.23. The van der Waals surface area contributed by atoms with Gasteiger partial charge in [0.05, 0.1) is 16.1 Å². The van der Waals surface area contributed by atoms with Crippen LogP contribution >= 0.6 is 58.0 Å². The summed E-state index contributed by atoms with van der Waals surface area (Å²) in [5.41, 5.74) is 0. The zero-order valence-corrected chi connectivity index (χ0v) is 14.0. The molecule has 0 aromatic rings. The van der Waals surface area contributed by atoms with E-state index in [0.717, 1.165) is 25.7 Å². The highest BCUT2D eigenvalue weighted by atomic mass is 35.5. The van der Waals surface area contributed by atoms with E-state index >= 15 is 0 Å². The number of allylic oxidation sites excluding steroid dienone is 2. The van der Waals surface area contributed by atoms with Gasteiger partial charge in [-0.2, -0.15) is 0 Å². The zero-order chi connectivity index (χ0) is 14.8. The molecule has 0 aromatic carbocycles. The van der Waals surface area contributed by atoms with E-state index in [9.17, 15) is 4.79 Å². The number of unbranched alkanes of at least 4 members (excludes halogenated alkanes) is 2. The molecule has 0 radical (unpaired) electrons. The van der Waals surface area contributed by atoms with E-state index in [0.29, 0.717) is 5.88 Å².